The molecule has 0 spiro atoms. The van der Waals surface area contributed by atoms with Gasteiger partial charge in [-0.05, 0) is 43.4 Å². The second-order valence-corrected chi connectivity index (χ2v) is 10.2. The molecule has 5 atom stereocenters. The standard InChI is InChI=1S/C25H44N4O3S2/c1-6-18(2)22(27-15-20(26)17-33)16-29(3)23(14-19-10-8-7-9-11-19)24(30)28-21(12-13-34-5)25(31)32-4/h7-11,18,20-23,27,33H,6,12-17,26H2,1-5H3,(H,28,30)/t18?,20-,21?,22?,23?/m0/s1. The van der Waals surface area contributed by atoms with Gasteiger partial charge in [-0.3, -0.25) is 9.69 Å². The van der Waals surface area contributed by atoms with Crippen LogP contribution in [-0.4, -0.2) is 86.0 Å². The summed E-state index contributed by atoms with van der Waals surface area (Å²) in [5.74, 6) is 1.19. The summed E-state index contributed by atoms with van der Waals surface area (Å²) in [5, 5.41) is 6.54. The van der Waals surface area contributed by atoms with Crippen molar-refractivity contribution in [2.75, 3.05) is 45.0 Å². The fraction of sp³-hybridized carbons (Fsp3) is 0.680. The summed E-state index contributed by atoms with van der Waals surface area (Å²) in [7, 11) is 3.32. The normalized spacial score (nSPS) is 15.9. The van der Waals surface area contributed by atoms with E-state index in [-0.39, 0.29) is 18.0 Å². The summed E-state index contributed by atoms with van der Waals surface area (Å²) in [5.41, 5.74) is 7.15. The number of thiol groups is 1. The number of carbonyl (C=O) groups is 2. The molecule has 0 radical (unpaired) electrons. The van der Waals surface area contributed by atoms with E-state index in [2.05, 4.69) is 42.0 Å². The van der Waals surface area contributed by atoms with Crippen molar-refractivity contribution in [2.45, 2.75) is 57.3 Å². The van der Waals surface area contributed by atoms with Crippen LogP contribution in [0.2, 0.25) is 0 Å². The fourth-order valence-corrected chi connectivity index (χ4v) is 4.32. The minimum atomic E-state index is -0.659. The molecular weight excluding hydrogens is 468 g/mol. The van der Waals surface area contributed by atoms with Crippen molar-refractivity contribution in [3.63, 3.8) is 0 Å². The molecule has 0 aliphatic heterocycles. The van der Waals surface area contributed by atoms with Crippen molar-refractivity contribution < 1.29 is 14.3 Å². The van der Waals surface area contributed by atoms with Gasteiger partial charge in [0.2, 0.25) is 5.91 Å². The molecule has 4 N–H and O–H groups in total. The molecule has 0 aliphatic rings. The Morgan fingerprint density at radius 3 is 2.50 bits per heavy atom. The van der Waals surface area contributed by atoms with Crippen LogP contribution < -0.4 is 16.4 Å². The van der Waals surface area contributed by atoms with Gasteiger partial charge in [0.1, 0.15) is 6.04 Å². The molecule has 9 heteroatoms. The second-order valence-electron chi connectivity index (χ2n) is 8.85. The number of hydrogen-bond acceptors (Lipinski definition) is 8. The van der Waals surface area contributed by atoms with Crippen LogP contribution >= 0.6 is 24.4 Å². The molecule has 0 saturated heterocycles. The zero-order valence-corrected chi connectivity index (χ0v) is 23.0. The smallest absolute Gasteiger partial charge is 0.328 e. The average molecular weight is 513 g/mol. The fourth-order valence-electron chi connectivity index (χ4n) is 3.72. The number of methoxy groups -OCH3 is 1. The third-order valence-corrected chi connectivity index (χ3v) is 7.32. The van der Waals surface area contributed by atoms with Crippen LogP contribution in [0.15, 0.2) is 30.3 Å². The van der Waals surface area contributed by atoms with Gasteiger partial charge in [0.05, 0.1) is 13.2 Å². The Hall–Kier alpha value is -1.26. The van der Waals surface area contributed by atoms with Crippen LogP contribution in [-0.2, 0) is 20.7 Å². The molecule has 1 rings (SSSR count). The zero-order valence-electron chi connectivity index (χ0n) is 21.3. The molecule has 1 aromatic rings. The van der Waals surface area contributed by atoms with Crippen molar-refractivity contribution in [3.05, 3.63) is 35.9 Å². The molecule has 0 bridgehead atoms. The Bertz CT molecular complexity index is 711. The van der Waals surface area contributed by atoms with Crippen LogP contribution in [0, 0.1) is 5.92 Å². The summed E-state index contributed by atoms with van der Waals surface area (Å²) in [4.78, 5) is 27.9. The quantitative estimate of drug-likeness (QED) is 0.188. The van der Waals surface area contributed by atoms with Gasteiger partial charge < -0.3 is 21.1 Å². The van der Waals surface area contributed by atoms with Crippen molar-refractivity contribution in [2.24, 2.45) is 11.7 Å². The zero-order chi connectivity index (χ0) is 25.5. The molecule has 1 aromatic carbocycles. The van der Waals surface area contributed by atoms with E-state index in [4.69, 9.17) is 10.5 Å². The van der Waals surface area contributed by atoms with Gasteiger partial charge in [-0.2, -0.15) is 24.4 Å². The van der Waals surface area contributed by atoms with E-state index in [0.717, 1.165) is 17.7 Å². The number of hydrogen-bond donors (Lipinski definition) is 4. The van der Waals surface area contributed by atoms with Crippen LogP contribution in [0.5, 0.6) is 0 Å². The monoisotopic (exact) mass is 512 g/mol. The number of rotatable bonds is 17. The lowest BCUT2D eigenvalue weighted by Crippen LogP contribution is -2.55. The predicted molar refractivity (Wildman–Crippen MR) is 147 cm³/mol. The number of ether oxygens (including phenoxy) is 1. The first-order valence-electron chi connectivity index (χ1n) is 12.0. The average Bonchev–Trinajstić information content (AvgIpc) is 2.86. The van der Waals surface area contributed by atoms with E-state index in [1.165, 1.54) is 7.11 Å². The topological polar surface area (TPSA) is 96.7 Å². The maximum Gasteiger partial charge on any atom is 0.328 e. The van der Waals surface area contributed by atoms with Crippen molar-refractivity contribution >= 4 is 36.3 Å². The highest BCUT2D eigenvalue weighted by Crippen LogP contribution is 2.14. The third-order valence-electron chi connectivity index (χ3n) is 6.21. The lowest BCUT2D eigenvalue weighted by atomic mass is 9.96. The lowest BCUT2D eigenvalue weighted by Gasteiger charge is -2.34. The number of nitrogens with one attached hydrogen (secondary N) is 2. The van der Waals surface area contributed by atoms with Gasteiger partial charge in [0.25, 0.3) is 0 Å². The van der Waals surface area contributed by atoms with Crippen LogP contribution in [0.3, 0.4) is 0 Å². The number of amides is 1. The summed E-state index contributed by atoms with van der Waals surface area (Å²) in [6, 6.07) is 9.01. The van der Waals surface area contributed by atoms with Gasteiger partial charge in [0, 0.05) is 30.9 Å². The first-order chi connectivity index (χ1) is 16.3. The summed E-state index contributed by atoms with van der Waals surface area (Å²) < 4.78 is 4.94. The summed E-state index contributed by atoms with van der Waals surface area (Å²) in [6.45, 7) is 5.71. The van der Waals surface area contributed by atoms with Crippen molar-refractivity contribution in [3.8, 4) is 0 Å². The van der Waals surface area contributed by atoms with E-state index in [0.29, 0.717) is 37.6 Å². The van der Waals surface area contributed by atoms with Crippen LogP contribution in [0.1, 0.15) is 32.3 Å². The largest absolute Gasteiger partial charge is 0.467 e. The number of thioether (sulfide) groups is 1. The Labute approximate surface area is 215 Å². The molecule has 7 nitrogen and oxygen atoms in total. The van der Waals surface area contributed by atoms with Gasteiger partial charge in [0.15, 0.2) is 0 Å². The minimum Gasteiger partial charge on any atom is -0.467 e. The lowest BCUT2D eigenvalue weighted by molar-refractivity contribution is -0.145. The van der Waals surface area contributed by atoms with Crippen LogP contribution in [0.25, 0.3) is 0 Å². The molecule has 194 valence electrons. The van der Waals surface area contributed by atoms with Gasteiger partial charge in [-0.25, -0.2) is 4.79 Å². The Morgan fingerprint density at radius 2 is 1.94 bits per heavy atom. The number of esters is 1. The molecule has 1 amide bonds. The van der Waals surface area contributed by atoms with E-state index < -0.39 is 18.1 Å². The first-order valence-corrected chi connectivity index (χ1v) is 14.0. The third kappa shape index (κ3) is 11.0. The Balaban J connectivity index is 3.07. The molecule has 0 saturated carbocycles. The van der Waals surface area contributed by atoms with Crippen molar-refractivity contribution in [1.82, 2.24) is 15.5 Å². The van der Waals surface area contributed by atoms with Gasteiger partial charge in [-0.15, -0.1) is 0 Å². The predicted octanol–water partition coefficient (Wildman–Crippen LogP) is 2.20. The molecule has 4 unspecified atom stereocenters. The SMILES string of the molecule is CCC(C)C(CN(C)C(Cc1ccccc1)C(=O)NC(CCSC)C(=O)OC)NC[C@H](N)CS. The summed E-state index contributed by atoms with van der Waals surface area (Å²) in [6.07, 6.45) is 4.06. The minimum absolute atomic E-state index is 0.0270. The number of likely N-dealkylation sites (N-methyl/N-ethyl adjacent to an activating group) is 1. The Kier molecular flexibility index (Phi) is 15.6. The Morgan fingerprint density at radius 1 is 1.26 bits per heavy atom. The van der Waals surface area contributed by atoms with Crippen LogP contribution in [0.4, 0.5) is 0 Å². The molecular formula is C25H44N4O3S2. The molecule has 0 aliphatic carbocycles. The van der Waals surface area contributed by atoms with E-state index in [1.807, 2.05) is 43.6 Å². The number of nitrogens with two attached hydrogens (primary N) is 1. The maximum absolute atomic E-state index is 13.5. The molecule has 0 fully saturated rings. The number of benzene rings is 1. The summed E-state index contributed by atoms with van der Waals surface area (Å²) >= 11 is 5.92. The number of nitrogens with zero attached hydrogens (tertiary/aromatic N) is 1. The first kappa shape index (κ1) is 30.8. The maximum atomic E-state index is 13.5. The van der Waals surface area contributed by atoms with Gasteiger partial charge in [-0.1, -0.05) is 50.6 Å². The van der Waals surface area contributed by atoms with E-state index in [1.54, 1.807) is 11.8 Å². The van der Waals surface area contributed by atoms with Gasteiger partial charge >= 0.3 is 5.97 Å². The highest BCUT2D eigenvalue weighted by Gasteiger charge is 2.30. The van der Waals surface area contributed by atoms with Crippen molar-refractivity contribution in [1.29, 1.82) is 0 Å². The second kappa shape index (κ2) is 17.2. The molecule has 34 heavy (non-hydrogen) atoms. The van der Waals surface area contributed by atoms with E-state index in [9.17, 15) is 9.59 Å². The number of carbonyl (C=O) groups excluding carboxylic acids is 2. The highest BCUT2D eigenvalue weighted by atomic mass is 32.2. The van der Waals surface area contributed by atoms with E-state index >= 15 is 0 Å². The highest BCUT2D eigenvalue weighted by molar-refractivity contribution is 7.98. The molecule has 0 aromatic heterocycles. The molecule has 0 heterocycles.